The molecule has 0 amide bonds. The zero-order valence-electron chi connectivity index (χ0n) is 15.0. The van der Waals surface area contributed by atoms with Crippen LogP contribution >= 0.6 is 0 Å². The van der Waals surface area contributed by atoms with E-state index in [4.69, 9.17) is 4.74 Å². The van der Waals surface area contributed by atoms with E-state index in [1.807, 2.05) is 30.3 Å². The Morgan fingerprint density at radius 3 is 2.40 bits per heavy atom. The van der Waals surface area contributed by atoms with Gasteiger partial charge in [0, 0.05) is 12.6 Å². The average Bonchev–Trinajstić information content (AvgIpc) is 2.67. The molecule has 3 nitrogen and oxygen atoms in total. The van der Waals surface area contributed by atoms with Crippen LogP contribution in [0.1, 0.15) is 32.6 Å². The molecule has 0 aromatic heterocycles. The summed E-state index contributed by atoms with van der Waals surface area (Å²) in [7, 11) is 0. The molecule has 25 heavy (non-hydrogen) atoms. The number of aliphatic hydroxyl groups is 1. The van der Waals surface area contributed by atoms with Crippen molar-refractivity contribution in [3.8, 4) is 16.9 Å². The van der Waals surface area contributed by atoms with E-state index < -0.39 is 6.10 Å². The minimum absolute atomic E-state index is 0.318. The molecule has 0 aliphatic heterocycles. The highest BCUT2D eigenvalue weighted by atomic mass is 16.5. The lowest BCUT2D eigenvalue weighted by Crippen LogP contribution is -2.42. The van der Waals surface area contributed by atoms with Crippen LogP contribution in [0.3, 0.4) is 0 Å². The van der Waals surface area contributed by atoms with Crippen LogP contribution in [-0.4, -0.2) is 30.4 Å². The molecule has 2 aromatic carbocycles. The standard InChI is InChI=1S/C22H29NO2/c1-17-7-5-6-10-22(17)23-15-20(24)16-25-21-13-11-19(12-14-21)18-8-3-2-4-9-18/h2-4,8-9,11-14,17,20,22-24H,5-7,10,15-16H2,1H3/t17-,20+,22+/m1/s1. The lowest BCUT2D eigenvalue weighted by molar-refractivity contribution is 0.0985. The second kappa shape index (κ2) is 9.02. The molecule has 0 bridgehead atoms. The summed E-state index contributed by atoms with van der Waals surface area (Å²) in [5, 5.41) is 13.7. The van der Waals surface area contributed by atoms with Crippen LogP contribution in [0.25, 0.3) is 11.1 Å². The monoisotopic (exact) mass is 339 g/mol. The Morgan fingerprint density at radius 2 is 1.68 bits per heavy atom. The van der Waals surface area contributed by atoms with Crippen LogP contribution in [0.5, 0.6) is 5.75 Å². The zero-order chi connectivity index (χ0) is 17.5. The first-order chi connectivity index (χ1) is 12.2. The number of hydrogen-bond donors (Lipinski definition) is 2. The molecular weight excluding hydrogens is 310 g/mol. The van der Waals surface area contributed by atoms with Crippen molar-refractivity contribution >= 4 is 0 Å². The number of ether oxygens (including phenoxy) is 1. The van der Waals surface area contributed by atoms with E-state index in [9.17, 15) is 5.11 Å². The number of rotatable bonds is 7. The number of aliphatic hydroxyl groups excluding tert-OH is 1. The van der Waals surface area contributed by atoms with Gasteiger partial charge in [0.2, 0.25) is 0 Å². The summed E-state index contributed by atoms with van der Waals surface area (Å²) in [4.78, 5) is 0. The van der Waals surface area contributed by atoms with Gasteiger partial charge < -0.3 is 15.2 Å². The van der Waals surface area contributed by atoms with Crippen molar-refractivity contribution in [3.05, 3.63) is 54.6 Å². The van der Waals surface area contributed by atoms with Crippen molar-refractivity contribution in [1.29, 1.82) is 0 Å². The van der Waals surface area contributed by atoms with Crippen molar-refractivity contribution in [2.24, 2.45) is 5.92 Å². The van der Waals surface area contributed by atoms with Crippen LogP contribution in [0.4, 0.5) is 0 Å². The SMILES string of the molecule is C[C@@H]1CCCC[C@@H]1NC[C@H](O)COc1ccc(-c2ccccc2)cc1. The van der Waals surface area contributed by atoms with Gasteiger partial charge in [-0.15, -0.1) is 0 Å². The molecule has 0 heterocycles. The maximum Gasteiger partial charge on any atom is 0.119 e. The van der Waals surface area contributed by atoms with Gasteiger partial charge in [-0.1, -0.05) is 62.2 Å². The van der Waals surface area contributed by atoms with Crippen LogP contribution < -0.4 is 10.1 Å². The van der Waals surface area contributed by atoms with E-state index in [1.165, 1.54) is 36.8 Å². The first-order valence-corrected chi connectivity index (χ1v) is 9.42. The highest BCUT2D eigenvalue weighted by molar-refractivity contribution is 5.63. The van der Waals surface area contributed by atoms with E-state index >= 15 is 0 Å². The second-order valence-electron chi connectivity index (χ2n) is 7.13. The van der Waals surface area contributed by atoms with Crippen LogP contribution in [-0.2, 0) is 0 Å². The molecule has 3 atom stereocenters. The molecule has 134 valence electrons. The minimum Gasteiger partial charge on any atom is -0.491 e. The molecule has 1 saturated carbocycles. The van der Waals surface area contributed by atoms with Crippen molar-refractivity contribution in [2.45, 2.75) is 44.8 Å². The van der Waals surface area contributed by atoms with E-state index in [-0.39, 0.29) is 0 Å². The normalized spacial score (nSPS) is 21.7. The van der Waals surface area contributed by atoms with Crippen LogP contribution in [0.15, 0.2) is 54.6 Å². The first-order valence-electron chi connectivity index (χ1n) is 9.42. The van der Waals surface area contributed by atoms with Crippen LogP contribution in [0.2, 0.25) is 0 Å². The van der Waals surface area contributed by atoms with Gasteiger partial charge in [0.05, 0.1) is 0 Å². The summed E-state index contributed by atoms with van der Waals surface area (Å²) in [5.74, 6) is 1.50. The number of hydrogen-bond acceptors (Lipinski definition) is 3. The van der Waals surface area contributed by atoms with Crippen molar-refractivity contribution in [1.82, 2.24) is 5.32 Å². The summed E-state index contributed by atoms with van der Waals surface area (Å²) in [5.41, 5.74) is 2.36. The lowest BCUT2D eigenvalue weighted by Gasteiger charge is -2.30. The number of nitrogens with one attached hydrogen (secondary N) is 1. The quantitative estimate of drug-likeness (QED) is 0.792. The van der Waals surface area contributed by atoms with Crippen molar-refractivity contribution < 1.29 is 9.84 Å². The fourth-order valence-corrected chi connectivity index (χ4v) is 3.53. The summed E-state index contributed by atoms with van der Waals surface area (Å²) >= 11 is 0. The van der Waals surface area contributed by atoms with E-state index in [0.717, 1.165) is 5.75 Å². The maximum absolute atomic E-state index is 10.2. The highest BCUT2D eigenvalue weighted by Gasteiger charge is 2.21. The van der Waals surface area contributed by atoms with Crippen LogP contribution in [0, 0.1) is 5.92 Å². The molecule has 2 aromatic rings. The van der Waals surface area contributed by atoms with Gasteiger partial charge in [0.25, 0.3) is 0 Å². The molecule has 3 rings (SSSR count). The Balaban J connectivity index is 1.43. The Kier molecular flexibility index (Phi) is 6.48. The Labute approximate surface area is 151 Å². The molecular formula is C22H29NO2. The Morgan fingerprint density at radius 1 is 1.00 bits per heavy atom. The highest BCUT2D eigenvalue weighted by Crippen LogP contribution is 2.24. The lowest BCUT2D eigenvalue weighted by atomic mass is 9.86. The molecule has 2 N–H and O–H groups in total. The third kappa shape index (κ3) is 5.32. The van der Waals surface area contributed by atoms with Crippen molar-refractivity contribution in [2.75, 3.05) is 13.2 Å². The third-order valence-corrected chi connectivity index (χ3v) is 5.13. The van der Waals surface area contributed by atoms with Gasteiger partial charge in [0.15, 0.2) is 0 Å². The summed E-state index contributed by atoms with van der Waals surface area (Å²) in [6.07, 6.45) is 4.66. The van der Waals surface area contributed by atoms with E-state index in [1.54, 1.807) is 0 Å². The molecule has 0 radical (unpaired) electrons. The zero-order valence-corrected chi connectivity index (χ0v) is 15.0. The van der Waals surface area contributed by atoms with Gasteiger partial charge in [-0.05, 0) is 42.0 Å². The smallest absolute Gasteiger partial charge is 0.119 e. The molecule has 1 aliphatic carbocycles. The van der Waals surface area contributed by atoms with Gasteiger partial charge >= 0.3 is 0 Å². The summed E-state index contributed by atoms with van der Waals surface area (Å²) in [6.45, 7) is 3.21. The summed E-state index contributed by atoms with van der Waals surface area (Å²) < 4.78 is 5.74. The predicted molar refractivity (Wildman–Crippen MR) is 103 cm³/mol. The molecule has 0 saturated heterocycles. The Bertz CT molecular complexity index is 626. The van der Waals surface area contributed by atoms with Crippen molar-refractivity contribution in [3.63, 3.8) is 0 Å². The topological polar surface area (TPSA) is 41.5 Å². The van der Waals surface area contributed by atoms with Gasteiger partial charge in [0.1, 0.15) is 18.5 Å². The minimum atomic E-state index is -0.483. The van der Waals surface area contributed by atoms with Gasteiger partial charge in [-0.25, -0.2) is 0 Å². The first kappa shape index (κ1) is 18.0. The van der Waals surface area contributed by atoms with E-state index in [2.05, 4.69) is 36.5 Å². The molecule has 0 unspecified atom stereocenters. The molecule has 1 fully saturated rings. The predicted octanol–water partition coefficient (Wildman–Crippen LogP) is 4.26. The van der Waals surface area contributed by atoms with E-state index in [0.29, 0.717) is 25.1 Å². The fourth-order valence-electron chi connectivity index (χ4n) is 3.53. The fraction of sp³-hybridized carbons (Fsp3) is 0.455. The largest absolute Gasteiger partial charge is 0.491 e. The Hall–Kier alpha value is -1.84. The molecule has 3 heteroatoms. The number of benzene rings is 2. The maximum atomic E-state index is 10.2. The molecule has 0 spiro atoms. The summed E-state index contributed by atoms with van der Waals surface area (Å²) in [6, 6.07) is 18.9. The van der Waals surface area contributed by atoms with Gasteiger partial charge in [-0.3, -0.25) is 0 Å². The second-order valence-corrected chi connectivity index (χ2v) is 7.13. The van der Waals surface area contributed by atoms with Gasteiger partial charge in [-0.2, -0.15) is 0 Å². The molecule has 1 aliphatic rings. The third-order valence-electron chi connectivity index (χ3n) is 5.13. The average molecular weight is 339 g/mol.